The summed E-state index contributed by atoms with van der Waals surface area (Å²) in [6.45, 7) is 13.9. The lowest BCUT2D eigenvalue weighted by Crippen LogP contribution is -2.54. The minimum Gasteiger partial charge on any atom is -0.451 e. The molecule has 0 radical (unpaired) electrons. The molecule has 0 saturated carbocycles. The third kappa shape index (κ3) is 13.4. The average molecular weight is 905 g/mol. The van der Waals surface area contributed by atoms with Crippen LogP contribution in [0.1, 0.15) is 117 Å². The molecular weight excluding hydrogens is 837 g/mol. The van der Waals surface area contributed by atoms with E-state index in [0.717, 1.165) is 14.7 Å². The van der Waals surface area contributed by atoms with Crippen LogP contribution in [0.3, 0.4) is 0 Å². The smallest absolute Gasteiger partial charge is 0.329 e. The molecule has 2 heterocycles. The Labute approximate surface area is 383 Å². The lowest BCUT2D eigenvalue weighted by molar-refractivity contribution is -0.177. The first-order valence-corrected chi connectivity index (χ1v) is 22.7. The second kappa shape index (κ2) is 23.4. The molecule has 2 aliphatic rings. The van der Waals surface area contributed by atoms with Crippen LogP contribution < -0.4 is 0 Å². The van der Waals surface area contributed by atoms with Crippen molar-refractivity contribution in [3.63, 3.8) is 0 Å². The molecule has 8 atom stereocenters. The van der Waals surface area contributed by atoms with E-state index < -0.39 is 96.1 Å². The number of hydrogen-bond donors (Lipinski definition) is 0. The number of amides is 4. The molecule has 4 amide bonds. The predicted molar refractivity (Wildman–Crippen MR) is 239 cm³/mol. The number of hydrogen-bond acceptors (Lipinski definition) is 12. The highest BCUT2D eigenvalue weighted by Crippen LogP contribution is 2.30. The summed E-state index contributed by atoms with van der Waals surface area (Å²) >= 11 is 0. The number of esters is 4. The van der Waals surface area contributed by atoms with Gasteiger partial charge < -0.3 is 38.5 Å². The zero-order chi connectivity index (χ0) is 48.3. The van der Waals surface area contributed by atoms with Gasteiger partial charge >= 0.3 is 23.9 Å². The molecule has 16 heteroatoms. The van der Waals surface area contributed by atoms with Gasteiger partial charge in [-0.05, 0) is 70.1 Å². The number of likely N-dealkylation sites (N-methyl/N-ethyl adjacent to an activating group) is 3. The van der Waals surface area contributed by atoms with E-state index in [0.29, 0.717) is 24.0 Å². The number of benzene rings is 2. The Morgan fingerprint density at radius 1 is 0.477 bits per heavy atom. The van der Waals surface area contributed by atoms with Crippen molar-refractivity contribution in [3.8, 4) is 0 Å². The van der Waals surface area contributed by atoms with Gasteiger partial charge in [0.15, 0.2) is 12.2 Å². The Balaban J connectivity index is 1.86. The highest BCUT2D eigenvalue weighted by Gasteiger charge is 2.44. The van der Waals surface area contributed by atoms with E-state index in [4.69, 9.17) is 18.9 Å². The van der Waals surface area contributed by atoms with Gasteiger partial charge in [-0.25, -0.2) is 19.2 Å². The van der Waals surface area contributed by atoms with Crippen LogP contribution in [0.2, 0.25) is 0 Å². The van der Waals surface area contributed by atoms with E-state index in [9.17, 15) is 38.4 Å². The zero-order valence-electron chi connectivity index (χ0n) is 39.8. The molecule has 65 heavy (non-hydrogen) atoms. The normalized spacial score (nSPS) is 26.7. The summed E-state index contributed by atoms with van der Waals surface area (Å²) in [6, 6.07) is 11.7. The van der Waals surface area contributed by atoms with E-state index in [1.807, 2.05) is 41.5 Å². The van der Waals surface area contributed by atoms with E-state index in [-0.39, 0.29) is 50.0 Å². The van der Waals surface area contributed by atoms with E-state index in [1.165, 1.54) is 39.9 Å². The van der Waals surface area contributed by atoms with Crippen LogP contribution in [0.25, 0.3) is 0 Å². The van der Waals surface area contributed by atoms with Gasteiger partial charge in [0.2, 0.25) is 12.2 Å². The van der Waals surface area contributed by atoms with Gasteiger partial charge in [0.1, 0.15) is 24.2 Å². The summed E-state index contributed by atoms with van der Waals surface area (Å²) in [5.41, 5.74) is 0.617. The van der Waals surface area contributed by atoms with E-state index >= 15 is 0 Å². The van der Waals surface area contributed by atoms with Gasteiger partial charge in [0.05, 0.1) is 0 Å². The molecule has 0 spiro atoms. The molecule has 16 nitrogen and oxygen atoms in total. The summed E-state index contributed by atoms with van der Waals surface area (Å²) in [5, 5.41) is 0. The summed E-state index contributed by atoms with van der Waals surface area (Å²) in [6.07, 6.45) is -4.35. The largest absolute Gasteiger partial charge is 0.451 e. The van der Waals surface area contributed by atoms with Crippen LogP contribution in [-0.2, 0) is 57.3 Å². The van der Waals surface area contributed by atoms with Crippen LogP contribution in [0.4, 0.5) is 0 Å². The Hall–Kier alpha value is -5.80. The van der Waals surface area contributed by atoms with Crippen LogP contribution >= 0.6 is 0 Å². The summed E-state index contributed by atoms with van der Waals surface area (Å²) in [7, 11) is 4.15. The number of carbonyl (C=O) groups is 8. The molecule has 356 valence electrons. The van der Waals surface area contributed by atoms with Gasteiger partial charge in [0.25, 0.3) is 23.6 Å². The van der Waals surface area contributed by atoms with Gasteiger partial charge in [-0.2, -0.15) is 0 Å². The summed E-state index contributed by atoms with van der Waals surface area (Å²) in [4.78, 5) is 119. The maximum absolute atomic E-state index is 14.7. The molecule has 2 aliphatic heterocycles. The molecule has 2 aromatic carbocycles. The first kappa shape index (κ1) is 51.8. The molecule has 2 fully saturated rings. The Bertz CT molecular complexity index is 1990. The number of ether oxygens (including phenoxy) is 4. The first-order valence-electron chi connectivity index (χ1n) is 22.7. The van der Waals surface area contributed by atoms with Crippen molar-refractivity contribution in [1.82, 2.24) is 19.6 Å². The topological polar surface area (TPSA) is 186 Å². The standard InChI is InChI=1S/C49H68N4O12/c1-29(2)26-37-47(59)63-33(8)43(55)51(10)39(28-31(5)6)49(61)65-41(35-22-16-13-17-23-35)45(57)53-25-19-18-24-36(53)46(58)62-32(7)42(54)50(9)38(27-30(3)4)48(60)64-40(44(56)52(37)11)34-20-14-12-15-21-34/h12-17,20-23,29-33,36-41H,18-19,24-28H2,1-11H3/t32-,33-,36+,37+,38+,39+,40-,41-/m1/s1. The molecule has 2 aromatic rings. The second-order valence-electron chi connectivity index (χ2n) is 18.4. The molecule has 0 aliphatic carbocycles. The fourth-order valence-corrected chi connectivity index (χ4v) is 8.16. The molecular formula is C49H68N4O12. The number of piperidine rings is 1. The minimum atomic E-state index is -1.57. The molecule has 0 bridgehead atoms. The fourth-order valence-electron chi connectivity index (χ4n) is 8.16. The minimum absolute atomic E-state index is 0.103. The van der Waals surface area contributed by atoms with Gasteiger partial charge in [0, 0.05) is 38.8 Å². The van der Waals surface area contributed by atoms with E-state index in [2.05, 4.69) is 0 Å². The molecule has 0 unspecified atom stereocenters. The van der Waals surface area contributed by atoms with Crippen LogP contribution in [0.5, 0.6) is 0 Å². The molecule has 4 rings (SSSR count). The first-order chi connectivity index (χ1) is 30.6. The fraction of sp³-hybridized carbons (Fsp3) is 0.592. The van der Waals surface area contributed by atoms with Crippen molar-refractivity contribution in [1.29, 1.82) is 0 Å². The maximum Gasteiger partial charge on any atom is 0.329 e. The molecule has 0 aromatic heterocycles. The summed E-state index contributed by atoms with van der Waals surface area (Å²) < 4.78 is 23.7. The summed E-state index contributed by atoms with van der Waals surface area (Å²) in [5.74, 6) is -6.96. The number of fused-ring (bicyclic) bond motifs is 1. The number of cyclic esters (lactones) is 4. The van der Waals surface area contributed by atoms with Crippen molar-refractivity contribution >= 4 is 47.5 Å². The predicted octanol–water partition coefficient (Wildman–Crippen LogP) is 5.43. The zero-order valence-corrected chi connectivity index (χ0v) is 39.8. The molecule has 2 saturated heterocycles. The lowest BCUT2D eigenvalue weighted by Gasteiger charge is -2.37. The molecule has 0 N–H and O–H groups in total. The number of carbonyl (C=O) groups excluding carboxylic acids is 8. The SMILES string of the molecule is CC(C)C[C@H]1C(=O)O[C@H](c2ccccc2)C(=O)N2CCCC[C@H]2C(=O)O[C@H](C)C(=O)N(C)[C@@H](CC(C)C)C(=O)O[C@H](c2ccccc2)C(=O)N(C)[C@@H](CC(C)C)C(=O)O[C@H](C)C(=O)N1C. The Morgan fingerprint density at radius 3 is 1.23 bits per heavy atom. The van der Waals surface area contributed by atoms with Gasteiger partial charge in [-0.15, -0.1) is 0 Å². The quantitative estimate of drug-likeness (QED) is 0.242. The van der Waals surface area contributed by atoms with Crippen LogP contribution in [0, 0.1) is 17.8 Å². The lowest BCUT2D eigenvalue weighted by atomic mass is 9.99. The number of nitrogens with zero attached hydrogens (tertiary/aromatic N) is 4. The Morgan fingerprint density at radius 2 is 0.831 bits per heavy atom. The average Bonchev–Trinajstić information content (AvgIpc) is 3.28. The van der Waals surface area contributed by atoms with Crippen molar-refractivity contribution in [3.05, 3.63) is 71.8 Å². The second-order valence-corrected chi connectivity index (χ2v) is 18.4. The highest BCUT2D eigenvalue weighted by molar-refractivity contribution is 5.95. The monoisotopic (exact) mass is 904 g/mol. The van der Waals surface area contributed by atoms with Gasteiger partial charge in [-0.1, -0.05) is 102 Å². The Kier molecular flexibility index (Phi) is 18.7. The van der Waals surface area contributed by atoms with Crippen molar-refractivity contribution in [2.75, 3.05) is 27.7 Å². The van der Waals surface area contributed by atoms with Crippen molar-refractivity contribution in [2.45, 2.75) is 142 Å². The highest BCUT2D eigenvalue weighted by atomic mass is 16.6. The van der Waals surface area contributed by atoms with Crippen molar-refractivity contribution < 1.29 is 57.3 Å². The third-order valence-electron chi connectivity index (χ3n) is 11.8. The van der Waals surface area contributed by atoms with Crippen molar-refractivity contribution in [2.24, 2.45) is 17.8 Å². The van der Waals surface area contributed by atoms with Crippen LogP contribution in [-0.4, -0.2) is 131 Å². The van der Waals surface area contributed by atoms with E-state index in [1.54, 1.807) is 60.7 Å². The number of rotatable bonds is 8. The third-order valence-corrected chi connectivity index (χ3v) is 11.8. The maximum atomic E-state index is 14.7. The van der Waals surface area contributed by atoms with Crippen LogP contribution in [0.15, 0.2) is 60.7 Å². The van der Waals surface area contributed by atoms with Gasteiger partial charge in [-0.3, -0.25) is 19.2 Å².